The van der Waals surface area contributed by atoms with Gasteiger partial charge in [0.05, 0.1) is 5.75 Å². The molecule has 1 rings (SSSR count). The van der Waals surface area contributed by atoms with Crippen LogP contribution in [0.4, 0.5) is 4.79 Å². The molecule has 1 aromatic carbocycles. The van der Waals surface area contributed by atoms with Gasteiger partial charge in [-0.05, 0) is 19.4 Å². The molecule has 0 aliphatic heterocycles. The van der Waals surface area contributed by atoms with Gasteiger partial charge >= 0.3 is 6.03 Å². The van der Waals surface area contributed by atoms with Crippen molar-refractivity contribution in [3.8, 4) is 0 Å². The van der Waals surface area contributed by atoms with Crippen molar-refractivity contribution in [1.29, 1.82) is 0 Å². The molecule has 0 aliphatic carbocycles. The van der Waals surface area contributed by atoms with E-state index in [2.05, 4.69) is 10.6 Å². The van der Waals surface area contributed by atoms with Crippen molar-refractivity contribution in [3.63, 3.8) is 0 Å². The Kier molecular flexibility index (Phi) is 6.28. The summed E-state index contributed by atoms with van der Waals surface area (Å²) in [7, 11) is 0. The second-order valence-corrected chi connectivity index (χ2v) is 5.14. The van der Waals surface area contributed by atoms with Crippen LogP contribution in [0, 0.1) is 0 Å². The first kappa shape index (κ1) is 14.6. The normalized spacial score (nSPS) is 10.2. The van der Waals surface area contributed by atoms with Gasteiger partial charge in [0, 0.05) is 11.8 Å². The van der Waals surface area contributed by atoms with Crippen LogP contribution in [0.3, 0.4) is 0 Å². The third kappa shape index (κ3) is 6.30. The molecule has 0 saturated carbocycles. The number of thioether (sulfide) groups is 1. The zero-order valence-corrected chi connectivity index (χ0v) is 11.4. The maximum Gasteiger partial charge on any atom is 0.321 e. The molecule has 0 unspecified atom stereocenters. The highest BCUT2D eigenvalue weighted by atomic mass is 32.2. The Morgan fingerprint density at radius 3 is 2.50 bits per heavy atom. The zero-order chi connectivity index (χ0) is 13.4. The first-order valence-corrected chi connectivity index (χ1v) is 6.95. The first-order valence-electron chi connectivity index (χ1n) is 5.80. The van der Waals surface area contributed by atoms with Crippen molar-refractivity contribution in [2.45, 2.75) is 25.6 Å². The molecular weight excluding hydrogens is 248 g/mol. The highest BCUT2D eigenvalue weighted by Gasteiger charge is 2.08. The van der Waals surface area contributed by atoms with Crippen molar-refractivity contribution >= 4 is 23.7 Å². The van der Waals surface area contributed by atoms with Crippen LogP contribution < -0.4 is 10.6 Å². The fourth-order valence-electron chi connectivity index (χ4n) is 1.30. The minimum atomic E-state index is -0.435. The summed E-state index contributed by atoms with van der Waals surface area (Å²) in [5.74, 6) is 0.773. The Bertz CT molecular complexity index is 393. The molecule has 0 heterocycles. The molecule has 0 aromatic heterocycles. The van der Waals surface area contributed by atoms with E-state index in [1.54, 1.807) is 0 Å². The molecule has 0 bridgehead atoms. The molecule has 3 amide bonds. The van der Waals surface area contributed by atoms with Crippen LogP contribution in [-0.4, -0.2) is 23.7 Å². The molecule has 0 fully saturated rings. The Morgan fingerprint density at radius 2 is 1.89 bits per heavy atom. The third-order valence-corrected chi connectivity index (χ3v) is 3.02. The molecule has 1 aromatic rings. The van der Waals surface area contributed by atoms with Gasteiger partial charge in [0.2, 0.25) is 5.91 Å². The Morgan fingerprint density at radius 1 is 1.22 bits per heavy atom. The van der Waals surface area contributed by atoms with Crippen molar-refractivity contribution in [2.24, 2.45) is 0 Å². The molecule has 0 atom stereocenters. The maximum absolute atomic E-state index is 11.4. The van der Waals surface area contributed by atoms with Gasteiger partial charge in [-0.2, -0.15) is 0 Å². The van der Waals surface area contributed by atoms with Crippen molar-refractivity contribution in [1.82, 2.24) is 10.6 Å². The number of hydrogen-bond acceptors (Lipinski definition) is 3. The lowest BCUT2D eigenvalue weighted by Crippen LogP contribution is -2.43. The largest absolute Gasteiger partial charge is 0.336 e. The zero-order valence-electron chi connectivity index (χ0n) is 10.6. The number of carbonyl (C=O) groups excluding carboxylic acids is 2. The number of hydrogen-bond donors (Lipinski definition) is 2. The number of imide groups is 1. The summed E-state index contributed by atoms with van der Waals surface area (Å²) < 4.78 is 0. The van der Waals surface area contributed by atoms with Gasteiger partial charge in [-0.1, -0.05) is 30.3 Å². The third-order valence-electron chi connectivity index (χ3n) is 2.02. The van der Waals surface area contributed by atoms with E-state index >= 15 is 0 Å². The van der Waals surface area contributed by atoms with Crippen LogP contribution in [0.25, 0.3) is 0 Å². The van der Waals surface area contributed by atoms with Gasteiger partial charge < -0.3 is 5.32 Å². The van der Waals surface area contributed by atoms with Crippen molar-refractivity contribution in [3.05, 3.63) is 35.9 Å². The Hall–Kier alpha value is -1.49. The number of rotatable bonds is 5. The Balaban J connectivity index is 2.19. The van der Waals surface area contributed by atoms with E-state index in [9.17, 15) is 9.59 Å². The van der Waals surface area contributed by atoms with Crippen molar-refractivity contribution in [2.75, 3.05) is 5.75 Å². The van der Waals surface area contributed by atoms with E-state index in [1.165, 1.54) is 17.3 Å². The topological polar surface area (TPSA) is 58.2 Å². The molecule has 4 nitrogen and oxygen atoms in total. The molecule has 0 spiro atoms. The minimum absolute atomic E-state index is 0.0229. The maximum atomic E-state index is 11.4. The van der Waals surface area contributed by atoms with Crippen LogP contribution in [-0.2, 0) is 10.5 Å². The summed E-state index contributed by atoms with van der Waals surface area (Å²) in [6.45, 7) is 3.68. The predicted octanol–water partition coefficient (Wildman–Crippen LogP) is 2.15. The molecule has 2 N–H and O–H groups in total. The van der Waals surface area contributed by atoms with Gasteiger partial charge in [0.1, 0.15) is 0 Å². The molecule has 0 radical (unpaired) electrons. The van der Waals surface area contributed by atoms with E-state index in [0.29, 0.717) is 0 Å². The molecule has 5 heteroatoms. The fourth-order valence-corrected chi connectivity index (χ4v) is 2.08. The average molecular weight is 266 g/mol. The standard InChI is InChI=1S/C13H18N2O2S/c1-10(2)14-13(17)15-12(16)9-18-8-11-6-4-3-5-7-11/h3-7,10H,8-9H2,1-2H3,(H2,14,15,16,17). The summed E-state index contributed by atoms with van der Waals surface area (Å²) in [5, 5.41) is 4.89. The second-order valence-electron chi connectivity index (χ2n) is 4.15. The number of amides is 3. The number of benzene rings is 1. The van der Waals surface area contributed by atoms with E-state index in [0.717, 1.165) is 5.75 Å². The lowest BCUT2D eigenvalue weighted by atomic mass is 10.2. The predicted molar refractivity (Wildman–Crippen MR) is 74.4 cm³/mol. The van der Waals surface area contributed by atoms with Crippen LogP contribution in [0.5, 0.6) is 0 Å². The summed E-state index contributed by atoms with van der Waals surface area (Å²) in [6, 6.07) is 9.49. The summed E-state index contributed by atoms with van der Waals surface area (Å²) in [4.78, 5) is 22.7. The molecule has 18 heavy (non-hydrogen) atoms. The lowest BCUT2D eigenvalue weighted by molar-refractivity contribution is -0.117. The van der Waals surface area contributed by atoms with Gasteiger partial charge in [-0.25, -0.2) is 4.79 Å². The number of urea groups is 1. The van der Waals surface area contributed by atoms with Crippen LogP contribution in [0.15, 0.2) is 30.3 Å². The first-order chi connectivity index (χ1) is 8.58. The van der Waals surface area contributed by atoms with E-state index in [-0.39, 0.29) is 17.7 Å². The second kappa shape index (κ2) is 7.76. The summed E-state index contributed by atoms with van der Waals surface area (Å²) in [5.41, 5.74) is 1.17. The van der Waals surface area contributed by atoms with Crippen LogP contribution in [0.1, 0.15) is 19.4 Å². The Labute approximate surface area is 112 Å². The van der Waals surface area contributed by atoms with E-state index in [1.807, 2.05) is 44.2 Å². The number of nitrogens with one attached hydrogen (secondary N) is 2. The van der Waals surface area contributed by atoms with E-state index in [4.69, 9.17) is 0 Å². The highest BCUT2D eigenvalue weighted by molar-refractivity contribution is 7.99. The quantitative estimate of drug-likeness (QED) is 0.858. The molecule has 0 saturated heterocycles. The summed E-state index contributed by atoms with van der Waals surface area (Å²) in [6.07, 6.45) is 0. The molecule has 0 aliphatic rings. The number of carbonyl (C=O) groups is 2. The van der Waals surface area contributed by atoms with Crippen LogP contribution >= 0.6 is 11.8 Å². The van der Waals surface area contributed by atoms with Gasteiger partial charge in [-0.3, -0.25) is 10.1 Å². The monoisotopic (exact) mass is 266 g/mol. The van der Waals surface area contributed by atoms with Crippen LogP contribution in [0.2, 0.25) is 0 Å². The van der Waals surface area contributed by atoms with Crippen molar-refractivity contribution < 1.29 is 9.59 Å². The minimum Gasteiger partial charge on any atom is -0.336 e. The molecule has 98 valence electrons. The summed E-state index contributed by atoms with van der Waals surface area (Å²) >= 11 is 1.48. The average Bonchev–Trinajstić information content (AvgIpc) is 2.29. The highest BCUT2D eigenvalue weighted by Crippen LogP contribution is 2.10. The van der Waals surface area contributed by atoms with Gasteiger partial charge in [0.15, 0.2) is 0 Å². The van der Waals surface area contributed by atoms with Gasteiger partial charge in [-0.15, -0.1) is 11.8 Å². The van der Waals surface area contributed by atoms with E-state index < -0.39 is 6.03 Å². The smallest absolute Gasteiger partial charge is 0.321 e. The molecular formula is C13H18N2O2S. The van der Waals surface area contributed by atoms with Gasteiger partial charge in [0.25, 0.3) is 0 Å². The SMILES string of the molecule is CC(C)NC(=O)NC(=O)CSCc1ccccc1. The fraction of sp³-hybridized carbons (Fsp3) is 0.385. The lowest BCUT2D eigenvalue weighted by Gasteiger charge is -2.08.